The molecule has 33 heavy (non-hydrogen) atoms. The molecule has 166 valence electrons. The first-order valence-electron chi connectivity index (χ1n) is 10.5. The molecule has 1 aromatic heterocycles. The summed E-state index contributed by atoms with van der Waals surface area (Å²) in [7, 11) is 0. The van der Waals surface area contributed by atoms with E-state index in [1.165, 1.54) is 6.21 Å². The van der Waals surface area contributed by atoms with Crippen LogP contribution >= 0.6 is 23.2 Å². The largest absolute Gasteiger partial charge is 0.455 e. The van der Waals surface area contributed by atoms with Crippen LogP contribution in [-0.2, 0) is 11.2 Å². The van der Waals surface area contributed by atoms with E-state index in [0.717, 1.165) is 22.3 Å². The monoisotopic (exact) mass is 476 g/mol. The number of hydrogen-bond acceptors (Lipinski definition) is 3. The summed E-state index contributed by atoms with van der Waals surface area (Å²) in [6.07, 6.45) is 2.06. The summed E-state index contributed by atoms with van der Waals surface area (Å²) in [6.45, 7) is 2.05. The number of carbonyl (C=O) groups excluding carboxylic acids is 1. The van der Waals surface area contributed by atoms with Crippen molar-refractivity contribution < 1.29 is 9.21 Å². The van der Waals surface area contributed by atoms with Gasteiger partial charge in [0.1, 0.15) is 11.5 Å². The first-order chi connectivity index (χ1) is 16.0. The zero-order chi connectivity index (χ0) is 23.2. The molecule has 6 heteroatoms. The number of amides is 1. The number of rotatable bonds is 7. The third kappa shape index (κ3) is 5.72. The summed E-state index contributed by atoms with van der Waals surface area (Å²) in [6, 6.07) is 26.7. The summed E-state index contributed by atoms with van der Waals surface area (Å²) in [5.74, 6) is 0.583. The molecule has 0 spiro atoms. The number of furan rings is 1. The topological polar surface area (TPSA) is 54.6 Å². The zero-order valence-corrected chi connectivity index (χ0v) is 19.5. The van der Waals surface area contributed by atoms with Gasteiger partial charge in [-0.3, -0.25) is 4.79 Å². The molecule has 0 bridgehead atoms. The molecule has 4 nitrogen and oxygen atoms in total. The minimum Gasteiger partial charge on any atom is -0.455 e. The molecule has 0 saturated heterocycles. The Bertz CT molecular complexity index is 1280. The Kier molecular flexibility index (Phi) is 7.28. The van der Waals surface area contributed by atoms with E-state index in [2.05, 4.69) is 29.6 Å². The van der Waals surface area contributed by atoms with Gasteiger partial charge in [0.05, 0.1) is 22.2 Å². The number of hydrazone groups is 1. The minimum absolute atomic E-state index is 0.183. The first-order valence-corrected chi connectivity index (χ1v) is 11.2. The van der Waals surface area contributed by atoms with Crippen molar-refractivity contribution in [2.24, 2.45) is 5.10 Å². The molecule has 1 amide bonds. The van der Waals surface area contributed by atoms with Crippen LogP contribution in [0.5, 0.6) is 0 Å². The zero-order valence-electron chi connectivity index (χ0n) is 18.0. The molecule has 0 saturated carbocycles. The van der Waals surface area contributed by atoms with Gasteiger partial charge in [-0.05, 0) is 60.4 Å². The van der Waals surface area contributed by atoms with Crippen LogP contribution in [0, 0.1) is 6.92 Å². The molecule has 0 unspecified atom stereocenters. The van der Waals surface area contributed by atoms with Gasteiger partial charge in [-0.1, -0.05) is 77.8 Å². The Morgan fingerprint density at radius 1 is 0.970 bits per heavy atom. The Balaban J connectivity index is 1.48. The molecule has 0 radical (unpaired) electrons. The van der Waals surface area contributed by atoms with Crippen LogP contribution in [0.25, 0.3) is 11.3 Å². The first kappa shape index (κ1) is 22.8. The second-order valence-electron chi connectivity index (χ2n) is 7.66. The number of carbonyl (C=O) groups is 1. The van der Waals surface area contributed by atoms with Gasteiger partial charge in [0.15, 0.2) is 0 Å². The number of nitrogens with one attached hydrogen (secondary N) is 1. The SMILES string of the molecule is Cc1ccccc1C[C@@H](C(=O)N/N=C\c1ccc(-c2ccc(Cl)c(Cl)c2)o1)c1ccccc1. The van der Waals surface area contributed by atoms with Crippen LogP contribution < -0.4 is 5.43 Å². The molecular formula is C27H22Cl2N2O2. The van der Waals surface area contributed by atoms with Gasteiger partial charge < -0.3 is 4.42 Å². The number of halogens is 2. The fraction of sp³-hybridized carbons (Fsp3) is 0.111. The van der Waals surface area contributed by atoms with Crippen molar-refractivity contribution in [1.82, 2.24) is 5.43 Å². The van der Waals surface area contributed by atoms with Gasteiger partial charge in [-0.2, -0.15) is 5.10 Å². The van der Waals surface area contributed by atoms with Crippen LogP contribution in [-0.4, -0.2) is 12.1 Å². The second kappa shape index (κ2) is 10.5. The molecule has 4 aromatic rings. The summed E-state index contributed by atoms with van der Waals surface area (Å²) < 4.78 is 5.80. The van der Waals surface area contributed by atoms with Gasteiger partial charge in [0.2, 0.25) is 5.91 Å². The van der Waals surface area contributed by atoms with Crippen molar-refractivity contribution in [3.8, 4) is 11.3 Å². The highest BCUT2D eigenvalue weighted by atomic mass is 35.5. The lowest BCUT2D eigenvalue weighted by molar-refractivity contribution is -0.122. The molecule has 0 aliphatic heterocycles. The van der Waals surface area contributed by atoms with E-state index in [9.17, 15) is 4.79 Å². The van der Waals surface area contributed by atoms with E-state index in [-0.39, 0.29) is 11.8 Å². The predicted octanol–water partition coefficient (Wildman–Crippen LogP) is 7.04. The lowest BCUT2D eigenvalue weighted by Gasteiger charge is -2.17. The molecule has 0 fully saturated rings. The average molecular weight is 477 g/mol. The van der Waals surface area contributed by atoms with Crippen molar-refractivity contribution in [1.29, 1.82) is 0 Å². The van der Waals surface area contributed by atoms with Crippen LogP contribution in [0.4, 0.5) is 0 Å². The maximum atomic E-state index is 13.1. The summed E-state index contributed by atoms with van der Waals surface area (Å²) in [4.78, 5) is 13.1. The number of aryl methyl sites for hydroxylation is 1. The quantitative estimate of drug-likeness (QED) is 0.229. The van der Waals surface area contributed by atoms with E-state index in [4.69, 9.17) is 27.6 Å². The number of benzene rings is 3. The van der Waals surface area contributed by atoms with Gasteiger partial charge in [0.25, 0.3) is 0 Å². The predicted molar refractivity (Wildman–Crippen MR) is 134 cm³/mol. The highest BCUT2D eigenvalue weighted by Crippen LogP contribution is 2.29. The van der Waals surface area contributed by atoms with Crippen molar-refractivity contribution >= 4 is 35.3 Å². The van der Waals surface area contributed by atoms with Gasteiger partial charge in [-0.15, -0.1) is 0 Å². The van der Waals surface area contributed by atoms with E-state index in [1.807, 2.05) is 54.6 Å². The van der Waals surface area contributed by atoms with Crippen molar-refractivity contribution in [2.45, 2.75) is 19.3 Å². The van der Waals surface area contributed by atoms with Crippen molar-refractivity contribution in [3.05, 3.63) is 117 Å². The normalized spacial score (nSPS) is 12.1. The number of hydrogen-bond donors (Lipinski definition) is 1. The molecule has 1 N–H and O–H groups in total. The maximum absolute atomic E-state index is 13.1. The third-order valence-electron chi connectivity index (χ3n) is 5.40. The average Bonchev–Trinajstić information content (AvgIpc) is 3.30. The van der Waals surface area contributed by atoms with E-state index >= 15 is 0 Å². The fourth-order valence-corrected chi connectivity index (χ4v) is 3.87. The lowest BCUT2D eigenvalue weighted by Crippen LogP contribution is -2.27. The number of nitrogens with zero attached hydrogens (tertiary/aromatic N) is 1. The fourth-order valence-electron chi connectivity index (χ4n) is 3.57. The van der Waals surface area contributed by atoms with Crippen LogP contribution in [0.2, 0.25) is 10.0 Å². The second-order valence-corrected chi connectivity index (χ2v) is 8.47. The van der Waals surface area contributed by atoms with Gasteiger partial charge >= 0.3 is 0 Å². The van der Waals surface area contributed by atoms with Gasteiger partial charge in [0, 0.05) is 5.56 Å². The Morgan fingerprint density at radius 3 is 2.48 bits per heavy atom. The highest BCUT2D eigenvalue weighted by Gasteiger charge is 2.21. The lowest BCUT2D eigenvalue weighted by atomic mass is 9.90. The summed E-state index contributed by atoms with van der Waals surface area (Å²) in [5, 5.41) is 5.06. The van der Waals surface area contributed by atoms with Crippen LogP contribution in [0.3, 0.4) is 0 Å². The molecular weight excluding hydrogens is 455 g/mol. The molecule has 4 rings (SSSR count). The summed E-state index contributed by atoms with van der Waals surface area (Å²) >= 11 is 12.1. The standard InChI is InChI=1S/C27H22Cl2N2O2/c1-18-7-5-6-10-20(18)15-23(19-8-3-2-4-9-19)27(32)31-30-17-22-12-14-26(33-22)21-11-13-24(28)25(29)16-21/h2-14,16-17,23H,15H2,1H3,(H,31,32)/b30-17-/t23-/m1/s1. The Hall–Kier alpha value is -3.34. The third-order valence-corrected chi connectivity index (χ3v) is 6.14. The molecule has 0 aliphatic rings. The Morgan fingerprint density at radius 2 is 1.73 bits per heavy atom. The van der Waals surface area contributed by atoms with Crippen LogP contribution in [0.1, 0.15) is 28.4 Å². The maximum Gasteiger partial charge on any atom is 0.247 e. The van der Waals surface area contributed by atoms with Crippen molar-refractivity contribution in [3.63, 3.8) is 0 Å². The van der Waals surface area contributed by atoms with E-state index < -0.39 is 0 Å². The Labute approximate surface area is 202 Å². The smallest absolute Gasteiger partial charge is 0.247 e. The highest BCUT2D eigenvalue weighted by molar-refractivity contribution is 6.42. The van der Waals surface area contributed by atoms with E-state index in [0.29, 0.717) is 28.0 Å². The van der Waals surface area contributed by atoms with Crippen molar-refractivity contribution in [2.75, 3.05) is 0 Å². The van der Waals surface area contributed by atoms with E-state index in [1.54, 1.807) is 18.2 Å². The van der Waals surface area contributed by atoms with Gasteiger partial charge in [-0.25, -0.2) is 5.43 Å². The molecule has 3 aromatic carbocycles. The minimum atomic E-state index is -0.368. The molecule has 0 aliphatic carbocycles. The molecule has 1 heterocycles. The molecule has 1 atom stereocenters. The summed E-state index contributed by atoms with van der Waals surface area (Å²) in [5.41, 5.74) is 6.69. The van der Waals surface area contributed by atoms with Crippen LogP contribution in [0.15, 0.2) is 94.4 Å².